The Labute approximate surface area is 239 Å². The number of nitrogens with zero attached hydrogens (tertiary/aromatic N) is 2. The number of phenolic OH excluding ortho intramolecular Hbond substituents is 1. The number of hydrogen-bond donors (Lipinski definition) is 1. The molecule has 3 rings (SSSR count). The van der Waals surface area contributed by atoms with Gasteiger partial charge in [0.15, 0.2) is 0 Å². The number of ether oxygens (including phenoxy) is 2. The largest absolute Gasteiger partial charge is 0.505 e. The van der Waals surface area contributed by atoms with Gasteiger partial charge in [-0.1, -0.05) is 95.2 Å². The lowest BCUT2D eigenvalue weighted by Crippen LogP contribution is -2.08. The molecule has 0 heterocycles. The number of rotatable bonds is 18. The first-order chi connectivity index (χ1) is 19.5. The maximum Gasteiger partial charge on any atom is 0.343 e. The van der Waals surface area contributed by atoms with E-state index in [1.165, 1.54) is 76.7 Å². The molecule has 6 heteroatoms. The van der Waals surface area contributed by atoms with Gasteiger partial charge in [-0.05, 0) is 61.9 Å². The van der Waals surface area contributed by atoms with Gasteiger partial charge < -0.3 is 14.6 Å². The molecule has 0 bridgehead atoms. The van der Waals surface area contributed by atoms with Crippen molar-refractivity contribution in [2.75, 3.05) is 6.61 Å². The van der Waals surface area contributed by atoms with E-state index in [2.05, 4.69) is 17.2 Å². The summed E-state index contributed by atoms with van der Waals surface area (Å²) in [6.45, 7) is 4.93. The van der Waals surface area contributed by atoms with Crippen LogP contribution in [0.3, 0.4) is 0 Å². The first kappa shape index (κ1) is 30.9. The van der Waals surface area contributed by atoms with Crippen LogP contribution in [0.4, 0.5) is 11.4 Å². The summed E-state index contributed by atoms with van der Waals surface area (Å²) in [6, 6.07) is 19.0. The second-order valence-electron chi connectivity index (χ2n) is 10.3. The van der Waals surface area contributed by atoms with Crippen molar-refractivity contribution < 1.29 is 19.4 Å². The summed E-state index contributed by atoms with van der Waals surface area (Å²) in [5.74, 6) is 0.327. The van der Waals surface area contributed by atoms with Gasteiger partial charge in [-0.15, -0.1) is 5.11 Å². The minimum absolute atomic E-state index is 0.122. The van der Waals surface area contributed by atoms with Crippen LogP contribution >= 0.6 is 0 Å². The Bertz CT molecular complexity index is 1170. The van der Waals surface area contributed by atoms with Crippen molar-refractivity contribution in [3.8, 4) is 17.2 Å². The van der Waals surface area contributed by atoms with E-state index in [1.807, 2.05) is 31.2 Å². The number of carbonyl (C=O) groups excluding carboxylic acids is 1. The molecule has 0 fully saturated rings. The monoisotopic (exact) mass is 544 g/mol. The average Bonchev–Trinajstić information content (AvgIpc) is 2.96. The van der Waals surface area contributed by atoms with Gasteiger partial charge in [-0.25, -0.2) is 4.79 Å². The molecule has 0 aliphatic carbocycles. The zero-order valence-corrected chi connectivity index (χ0v) is 24.1. The highest BCUT2D eigenvalue weighted by Gasteiger charge is 2.11. The summed E-state index contributed by atoms with van der Waals surface area (Å²) in [6.07, 6.45) is 15.8. The molecule has 0 atom stereocenters. The van der Waals surface area contributed by atoms with Gasteiger partial charge in [0, 0.05) is 6.07 Å². The van der Waals surface area contributed by atoms with Crippen molar-refractivity contribution in [2.24, 2.45) is 10.2 Å². The van der Waals surface area contributed by atoms with Gasteiger partial charge in [-0.3, -0.25) is 0 Å². The molecule has 0 aliphatic heterocycles. The molecule has 3 aromatic rings. The van der Waals surface area contributed by atoms with Crippen molar-refractivity contribution in [2.45, 2.75) is 90.9 Å². The van der Waals surface area contributed by atoms with Crippen LogP contribution < -0.4 is 9.47 Å². The summed E-state index contributed by atoms with van der Waals surface area (Å²) < 4.78 is 11.3. The Balaban J connectivity index is 1.32. The van der Waals surface area contributed by atoms with Crippen LogP contribution in [0, 0.1) is 6.92 Å². The fourth-order valence-electron chi connectivity index (χ4n) is 4.36. The maximum atomic E-state index is 12.6. The molecule has 0 saturated carbocycles. The molecular weight excluding hydrogens is 500 g/mol. The minimum atomic E-state index is -0.513. The highest BCUT2D eigenvalue weighted by molar-refractivity contribution is 5.91. The number of azo groups is 1. The first-order valence-corrected chi connectivity index (χ1v) is 14.8. The predicted octanol–water partition coefficient (Wildman–Crippen LogP) is 10.4. The third-order valence-corrected chi connectivity index (χ3v) is 6.82. The molecule has 1 N–H and O–H groups in total. The van der Waals surface area contributed by atoms with E-state index in [0.717, 1.165) is 17.7 Å². The van der Waals surface area contributed by atoms with Crippen LogP contribution in [-0.2, 0) is 0 Å². The number of unbranched alkanes of at least 4 members (excludes halogenated alkanes) is 11. The lowest BCUT2D eigenvalue weighted by molar-refractivity contribution is 0.0734. The van der Waals surface area contributed by atoms with Gasteiger partial charge in [0.25, 0.3) is 0 Å². The molecule has 3 aromatic carbocycles. The van der Waals surface area contributed by atoms with Crippen molar-refractivity contribution in [3.63, 3.8) is 0 Å². The molecule has 0 amide bonds. The number of hydrogen-bond acceptors (Lipinski definition) is 6. The van der Waals surface area contributed by atoms with Crippen LogP contribution in [0.2, 0.25) is 0 Å². The van der Waals surface area contributed by atoms with E-state index in [4.69, 9.17) is 9.47 Å². The summed E-state index contributed by atoms with van der Waals surface area (Å²) in [5, 5.41) is 18.5. The van der Waals surface area contributed by atoms with Crippen LogP contribution in [0.25, 0.3) is 0 Å². The molecule has 0 aliphatic rings. The number of phenols is 1. The summed E-state index contributed by atoms with van der Waals surface area (Å²) in [7, 11) is 0. The highest BCUT2D eigenvalue weighted by Crippen LogP contribution is 2.32. The van der Waals surface area contributed by atoms with Crippen LogP contribution in [0.15, 0.2) is 77.0 Å². The fraction of sp³-hybridized carbons (Fsp3) is 0.441. The molecule has 0 spiro atoms. The number of carbonyl (C=O) groups is 1. The summed E-state index contributed by atoms with van der Waals surface area (Å²) in [5.41, 5.74) is 2.50. The van der Waals surface area contributed by atoms with Crippen LogP contribution in [-0.4, -0.2) is 17.7 Å². The second-order valence-corrected chi connectivity index (χ2v) is 10.3. The van der Waals surface area contributed by atoms with Crippen molar-refractivity contribution in [1.82, 2.24) is 0 Å². The zero-order valence-electron chi connectivity index (χ0n) is 24.1. The Morgan fingerprint density at radius 2 is 1.27 bits per heavy atom. The Morgan fingerprint density at radius 1 is 0.700 bits per heavy atom. The quantitative estimate of drug-likeness (QED) is 0.0747. The van der Waals surface area contributed by atoms with E-state index in [9.17, 15) is 9.90 Å². The lowest BCUT2D eigenvalue weighted by atomic mass is 10.1. The lowest BCUT2D eigenvalue weighted by Gasteiger charge is -2.08. The zero-order chi connectivity index (χ0) is 28.4. The molecule has 214 valence electrons. The SMILES string of the molecule is CCCCCCCCCCCCCCOc1ccc(C(=O)Oc2ccc(N=Nc3ccc(C)cc3)c(O)c2)cc1. The maximum absolute atomic E-state index is 12.6. The number of aryl methyl sites for hydroxylation is 1. The molecule has 0 saturated heterocycles. The predicted molar refractivity (Wildman–Crippen MR) is 161 cm³/mol. The van der Waals surface area contributed by atoms with Crippen LogP contribution in [0.5, 0.6) is 17.2 Å². The van der Waals surface area contributed by atoms with Crippen LogP contribution in [0.1, 0.15) is 99.9 Å². The smallest absolute Gasteiger partial charge is 0.343 e. The van der Waals surface area contributed by atoms with Crippen molar-refractivity contribution in [1.29, 1.82) is 0 Å². The van der Waals surface area contributed by atoms with Gasteiger partial charge in [0.2, 0.25) is 0 Å². The molecular formula is C34H44N2O4. The van der Waals surface area contributed by atoms with Crippen molar-refractivity contribution >= 4 is 17.3 Å². The topological polar surface area (TPSA) is 80.5 Å². The van der Waals surface area contributed by atoms with Gasteiger partial charge >= 0.3 is 5.97 Å². The molecule has 40 heavy (non-hydrogen) atoms. The minimum Gasteiger partial charge on any atom is -0.505 e. The van der Waals surface area contributed by atoms with Gasteiger partial charge in [-0.2, -0.15) is 5.11 Å². The third-order valence-electron chi connectivity index (χ3n) is 6.82. The second kappa shape index (κ2) is 17.8. The van der Waals surface area contributed by atoms with E-state index < -0.39 is 5.97 Å². The Morgan fingerprint density at radius 3 is 1.88 bits per heavy atom. The van der Waals surface area contributed by atoms with Gasteiger partial charge in [0.1, 0.15) is 22.9 Å². The molecule has 0 unspecified atom stereocenters. The number of aromatic hydroxyl groups is 1. The average molecular weight is 545 g/mol. The van der Waals surface area contributed by atoms with E-state index in [0.29, 0.717) is 17.9 Å². The first-order valence-electron chi connectivity index (χ1n) is 14.8. The summed E-state index contributed by atoms with van der Waals surface area (Å²) >= 11 is 0. The number of benzene rings is 3. The van der Waals surface area contributed by atoms with Gasteiger partial charge in [0.05, 0.1) is 17.9 Å². The molecule has 0 radical (unpaired) electrons. The fourth-order valence-corrected chi connectivity index (χ4v) is 4.36. The number of esters is 1. The third kappa shape index (κ3) is 11.6. The molecule has 6 nitrogen and oxygen atoms in total. The summed E-state index contributed by atoms with van der Waals surface area (Å²) in [4.78, 5) is 12.6. The van der Waals surface area contributed by atoms with E-state index in [-0.39, 0.29) is 17.2 Å². The highest BCUT2D eigenvalue weighted by atomic mass is 16.5. The van der Waals surface area contributed by atoms with E-state index in [1.54, 1.807) is 36.4 Å². The van der Waals surface area contributed by atoms with Crippen molar-refractivity contribution in [3.05, 3.63) is 77.9 Å². The Hall–Kier alpha value is -3.67. The standard InChI is InChI=1S/C34H44N2O4/c1-3-4-5-6-7-8-9-10-11-12-13-14-25-39-30-21-17-28(18-22-30)34(38)40-31-23-24-32(33(37)26-31)36-35-29-19-15-27(2)16-20-29/h15-24,26,37H,3-14,25H2,1-2H3. The Kier molecular flexibility index (Phi) is 13.8. The van der Waals surface area contributed by atoms with E-state index >= 15 is 0 Å². The molecule has 0 aromatic heterocycles. The normalized spacial score (nSPS) is 11.2.